The van der Waals surface area contributed by atoms with Gasteiger partial charge in [0, 0.05) is 0 Å². The summed E-state index contributed by atoms with van der Waals surface area (Å²) in [6.07, 6.45) is 0.643. The van der Waals surface area contributed by atoms with E-state index in [0.29, 0.717) is 6.42 Å². The minimum atomic E-state index is -0.433. The Balaban J connectivity index is 1.92. The Kier molecular flexibility index (Phi) is 4.14. The van der Waals surface area contributed by atoms with Gasteiger partial charge in [0.2, 0.25) is 0 Å². The van der Waals surface area contributed by atoms with Crippen molar-refractivity contribution in [1.29, 1.82) is 0 Å². The first-order valence-electron chi connectivity index (χ1n) is 6.71. The van der Waals surface area contributed by atoms with E-state index >= 15 is 0 Å². The first-order valence-corrected chi connectivity index (χ1v) is 7.52. The molecule has 3 aromatic rings. The Morgan fingerprint density at radius 2 is 1.71 bits per heavy atom. The van der Waals surface area contributed by atoms with Gasteiger partial charge >= 0.3 is 0 Å². The molecule has 0 saturated carbocycles. The minimum Gasteiger partial charge on any atom is -0.205 e. The van der Waals surface area contributed by atoms with Crippen molar-refractivity contribution in [1.82, 2.24) is 0 Å². The molecule has 0 amide bonds. The van der Waals surface area contributed by atoms with Crippen LogP contribution < -0.4 is 0 Å². The van der Waals surface area contributed by atoms with Crippen molar-refractivity contribution in [2.24, 2.45) is 0 Å². The zero-order valence-corrected chi connectivity index (χ0v) is 12.7. The summed E-state index contributed by atoms with van der Waals surface area (Å²) in [5, 5.41) is 2.19. The van der Waals surface area contributed by atoms with E-state index < -0.39 is 5.82 Å². The third kappa shape index (κ3) is 3.04. The summed E-state index contributed by atoms with van der Waals surface area (Å²) < 4.78 is 13.5. The van der Waals surface area contributed by atoms with Crippen molar-refractivity contribution in [3.63, 3.8) is 0 Å². The highest BCUT2D eigenvalue weighted by Gasteiger charge is 2.13. The second kappa shape index (κ2) is 6.05. The Labute approximate surface area is 133 Å². The standard InChI is InChI=1S/C18H13Cl2F/c19-16-9-8-14(11-18(16)21)17(20)10-13-6-3-5-12-4-1-2-7-15(12)13/h1-9,11,17H,10H2. The maximum absolute atomic E-state index is 13.5. The Hall–Kier alpha value is -1.57. The first-order chi connectivity index (χ1) is 10.1. The lowest BCUT2D eigenvalue weighted by atomic mass is 9.98. The van der Waals surface area contributed by atoms with Crippen molar-refractivity contribution in [3.05, 3.63) is 82.6 Å². The monoisotopic (exact) mass is 318 g/mol. The molecule has 106 valence electrons. The average molecular weight is 319 g/mol. The highest BCUT2D eigenvalue weighted by Crippen LogP contribution is 2.30. The maximum atomic E-state index is 13.5. The second-order valence-corrected chi connectivity index (χ2v) is 5.92. The number of rotatable bonds is 3. The molecule has 0 aliphatic carbocycles. The number of alkyl halides is 1. The second-order valence-electron chi connectivity index (χ2n) is 4.98. The third-order valence-corrected chi connectivity index (χ3v) is 4.30. The highest BCUT2D eigenvalue weighted by atomic mass is 35.5. The van der Waals surface area contributed by atoms with E-state index in [2.05, 4.69) is 24.3 Å². The molecule has 3 aromatic carbocycles. The van der Waals surface area contributed by atoms with Crippen LogP contribution in [0.25, 0.3) is 10.8 Å². The summed E-state index contributed by atoms with van der Waals surface area (Å²) >= 11 is 12.2. The molecular formula is C18H13Cl2F. The van der Waals surface area contributed by atoms with Crippen LogP contribution in [0.5, 0.6) is 0 Å². The van der Waals surface area contributed by atoms with Gasteiger partial charge in [-0.25, -0.2) is 4.39 Å². The van der Waals surface area contributed by atoms with Gasteiger partial charge in [-0.1, -0.05) is 60.1 Å². The fraction of sp³-hybridized carbons (Fsp3) is 0.111. The molecule has 0 aliphatic heterocycles. The predicted octanol–water partition coefficient (Wildman–Crippen LogP) is 6.15. The number of hydrogen-bond donors (Lipinski definition) is 0. The summed E-state index contributed by atoms with van der Waals surface area (Å²) in [5.41, 5.74) is 1.90. The van der Waals surface area contributed by atoms with Gasteiger partial charge in [0.05, 0.1) is 10.4 Å². The molecule has 0 radical (unpaired) electrons. The van der Waals surface area contributed by atoms with Crippen LogP contribution in [0.3, 0.4) is 0 Å². The molecule has 1 atom stereocenters. The van der Waals surface area contributed by atoms with Crippen LogP contribution in [0.1, 0.15) is 16.5 Å². The lowest BCUT2D eigenvalue weighted by molar-refractivity contribution is 0.625. The van der Waals surface area contributed by atoms with Gasteiger partial charge in [0.1, 0.15) is 5.82 Å². The summed E-state index contributed by atoms with van der Waals surface area (Å²) in [6.45, 7) is 0. The molecule has 21 heavy (non-hydrogen) atoms. The van der Waals surface area contributed by atoms with E-state index in [1.54, 1.807) is 12.1 Å². The van der Waals surface area contributed by atoms with Gasteiger partial charge in [-0.3, -0.25) is 0 Å². The van der Waals surface area contributed by atoms with E-state index in [1.807, 2.05) is 18.2 Å². The zero-order valence-electron chi connectivity index (χ0n) is 11.2. The topological polar surface area (TPSA) is 0 Å². The fourth-order valence-electron chi connectivity index (χ4n) is 2.49. The predicted molar refractivity (Wildman–Crippen MR) is 87.7 cm³/mol. The van der Waals surface area contributed by atoms with E-state index in [-0.39, 0.29) is 10.4 Å². The van der Waals surface area contributed by atoms with E-state index in [0.717, 1.165) is 11.1 Å². The molecule has 3 heteroatoms. The Morgan fingerprint density at radius 3 is 2.52 bits per heavy atom. The summed E-state index contributed by atoms with van der Waals surface area (Å²) in [6, 6.07) is 19.1. The van der Waals surface area contributed by atoms with Gasteiger partial charge in [-0.2, -0.15) is 0 Å². The SMILES string of the molecule is Fc1cc(C(Cl)Cc2cccc3ccccc23)ccc1Cl. The highest BCUT2D eigenvalue weighted by molar-refractivity contribution is 6.30. The molecule has 0 heterocycles. The molecule has 0 aliphatic rings. The number of halogens is 3. The average Bonchev–Trinajstić information content (AvgIpc) is 2.50. The van der Waals surface area contributed by atoms with Gasteiger partial charge in [-0.15, -0.1) is 11.6 Å². The van der Waals surface area contributed by atoms with Gasteiger partial charge in [0.25, 0.3) is 0 Å². The molecule has 0 fully saturated rings. The van der Waals surface area contributed by atoms with Gasteiger partial charge < -0.3 is 0 Å². The molecule has 0 saturated heterocycles. The summed E-state index contributed by atoms with van der Waals surface area (Å²) in [7, 11) is 0. The van der Waals surface area contributed by atoms with Crippen LogP contribution in [0.15, 0.2) is 60.7 Å². The normalized spacial score (nSPS) is 12.5. The smallest absolute Gasteiger partial charge is 0.142 e. The van der Waals surface area contributed by atoms with E-state index in [9.17, 15) is 4.39 Å². The quantitative estimate of drug-likeness (QED) is 0.508. The van der Waals surface area contributed by atoms with Crippen LogP contribution in [0.2, 0.25) is 5.02 Å². The zero-order chi connectivity index (χ0) is 14.8. The molecule has 0 N–H and O–H groups in total. The molecule has 0 nitrogen and oxygen atoms in total. The lowest BCUT2D eigenvalue weighted by Crippen LogP contribution is -1.97. The van der Waals surface area contributed by atoms with Crippen LogP contribution in [0, 0.1) is 5.82 Å². The van der Waals surface area contributed by atoms with Crippen molar-refractivity contribution in [3.8, 4) is 0 Å². The molecule has 1 unspecified atom stereocenters. The Morgan fingerprint density at radius 1 is 0.952 bits per heavy atom. The number of fused-ring (bicyclic) bond motifs is 1. The molecular weight excluding hydrogens is 306 g/mol. The van der Waals surface area contributed by atoms with Crippen molar-refractivity contribution < 1.29 is 4.39 Å². The number of hydrogen-bond acceptors (Lipinski definition) is 0. The molecule has 0 spiro atoms. The maximum Gasteiger partial charge on any atom is 0.142 e. The molecule has 0 bridgehead atoms. The van der Waals surface area contributed by atoms with E-state index in [4.69, 9.17) is 23.2 Å². The van der Waals surface area contributed by atoms with Crippen molar-refractivity contribution >= 4 is 34.0 Å². The third-order valence-electron chi connectivity index (χ3n) is 3.58. The summed E-state index contributed by atoms with van der Waals surface area (Å²) in [4.78, 5) is 0. The van der Waals surface area contributed by atoms with Crippen LogP contribution >= 0.6 is 23.2 Å². The number of benzene rings is 3. The fourth-order valence-corrected chi connectivity index (χ4v) is 2.91. The van der Waals surface area contributed by atoms with Crippen LogP contribution in [0.4, 0.5) is 4.39 Å². The first kappa shape index (κ1) is 14.4. The van der Waals surface area contributed by atoms with Crippen molar-refractivity contribution in [2.45, 2.75) is 11.8 Å². The largest absolute Gasteiger partial charge is 0.205 e. The summed E-state index contributed by atoms with van der Waals surface area (Å²) in [5.74, 6) is -0.433. The van der Waals surface area contributed by atoms with Gasteiger partial charge in [0.15, 0.2) is 0 Å². The van der Waals surface area contributed by atoms with Gasteiger partial charge in [-0.05, 0) is 40.5 Å². The van der Waals surface area contributed by atoms with Crippen LogP contribution in [-0.2, 0) is 6.42 Å². The van der Waals surface area contributed by atoms with Crippen molar-refractivity contribution in [2.75, 3.05) is 0 Å². The Bertz CT molecular complexity index is 778. The van der Waals surface area contributed by atoms with Crippen LogP contribution in [-0.4, -0.2) is 0 Å². The van der Waals surface area contributed by atoms with E-state index in [1.165, 1.54) is 16.8 Å². The minimum absolute atomic E-state index is 0.118. The molecule has 0 aromatic heterocycles. The molecule has 3 rings (SSSR count). The lowest BCUT2D eigenvalue weighted by Gasteiger charge is -2.12.